The largest absolute Gasteiger partial charge is 0.399 e. The third kappa shape index (κ3) is 2.77. The van der Waals surface area contributed by atoms with E-state index in [0.29, 0.717) is 0 Å². The maximum absolute atomic E-state index is 5.88. The van der Waals surface area contributed by atoms with Crippen LogP contribution in [0.1, 0.15) is 30.3 Å². The average Bonchev–Trinajstić information content (AvgIpc) is 2.76. The molecule has 3 heteroatoms. The Balaban J connectivity index is 2.08. The van der Waals surface area contributed by atoms with E-state index in [2.05, 4.69) is 48.7 Å². The summed E-state index contributed by atoms with van der Waals surface area (Å²) in [5.74, 6) is 1.14. The third-order valence-electron chi connectivity index (χ3n) is 3.75. The molecule has 0 saturated heterocycles. The highest BCUT2D eigenvalue weighted by Crippen LogP contribution is 2.21. The van der Waals surface area contributed by atoms with Crippen LogP contribution < -0.4 is 5.73 Å². The number of hydrogen-bond donors (Lipinski definition) is 1. The predicted octanol–water partition coefficient (Wildman–Crippen LogP) is 3.93. The molecule has 1 aromatic heterocycles. The first-order chi connectivity index (χ1) is 10.2. The van der Waals surface area contributed by atoms with Crippen LogP contribution in [0.5, 0.6) is 0 Å². The van der Waals surface area contributed by atoms with Gasteiger partial charge in [0.05, 0.1) is 11.0 Å². The number of aryl methyl sites for hydroxylation is 2. The lowest BCUT2D eigenvalue weighted by Gasteiger charge is -2.09. The van der Waals surface area contributed by atoms with Gasteiger partial charge in [0, 0.05) is 18.7 Å². The van der Waals surface area contributed by atoms with Crippen molar-refractivity contribution in [2.75, 3.05) is 5.73 Å². The van der Waals surface area contributed by atoms with Gasteiger partial charge in [-0.05, 0) is 37.1 Å². The van der Waals surface area contributed by atoms with Gasteiger partial charge in [-0.1, -0.05) is 36.8 Å². The van der Waals surface area contributed by atoms with Crippen LogP contribution in [0, 0.1) is 6.92 Å². The van der Waals surface area contributed by atoms with Gasteiger partial charge in [0.15, 0.2) is 0 Å². The van der Waals surface area contributed by atoms with E-state index >= 15 is 0 Å². The molecule has 3 rings (SSSR count). The summed E-state index contributed by atoms with van der Waals surface area (Å²) in [7, 11) is 0. The molecule has 0 amide bonds. The van der Waals surface area contributed by atoms with Crippen LogP contribution in [-0.4, -0.2) is 9.55 Å². The second-order valence-corrected chi connectivity index (χ2v) is 5.60. The van der Waals surface area contributed by atoms with Crippen molar-refractivity contribution in [3.05, 3.63) is 59.4 Å². The number of imidazole rings is 1. The van der Waals surface area contributed by atoms with Crippen molar-refractivity contribution >= 4 is 16.7 Å². The highest BCUT2D eigenvalue weighted by Gasteiger charge is 2.10. The minimum absolute atomic E-state index is 0.769. The van der Waals surface area contributed by atoms with Gasteiger partial charge in [-0.3, -0.25) is 0 Å². The normalized spacial score (nSPS) is 11.1. The Morgan fingerprint density at radius 2 is 2.00 bits per heavy atom. The Morgan fingerprint density at radius 3 is 2.76 bits per heavy atom. The van der Waals surface area contributed by atoms with Crippen molar-refractivity contribution in [2.45, 2.75) is 33.2 Å². The van der Waals surface area contributed by atoms with Crippen LogP contribution in [-0.2, 0) is 13.0 Å². The molecule has 0 spiro atoms. The Kier molecular flexibility index (Phi) is 3.65. The van der Waals surface area contributed by atoms with Crippen molar-refractivity contribution < 1.29 is 0 Å². The van der Waals surface area contributed by atoms with Crippen molar-refractivity contribution in [3.8, 4) is 0 Å². The fourth-order valence-electron chi connectivity index (χ4n) is 2.78. The average molecular weight is 279 g/mol. The van der Waals surface area contributed by atoms with E-state index < -0.39 is 0 Å². The van der Waals surface area contributed by atoms with Crippen molar-refractivity contribution in [1.29, 1.82) is 0 Å². The molecule has 1 heterocycles. The Hall–Kier alpha value is -2.29. The van der Waals surface area contributed by atoms with E-state index in [4.69, 9.17) is 10.7 Å². The van der Waals surface area contributed by atoms with Gasteiger partial charge in [-0.15, -0.1) is 0 Å². The quantitative estimate of drug-likeness (QED) is 0.735. The molecule has 2 aromatic carbocycles. The molecule has 3 aromatic rings. The molecule has 0 aliphatic rings. The second-order valence-electron chi connectivity index (χ2n) is 5.60. The van der Waals surface area contributed by atoms with Gasteiger partial charge in [0.25, 0.3) is 0 Å². The van der Waals surface area contributed by atoms with Crippen LogP contribution >= 0.6 is 0 Å². The number of nitrogens with two attached hydrogens (primary N) is 1. The van der Waals surface area contributed by atoms with E-state index in [1.165, 1.54) is 11.1 Å². The van der Waals surface area contributed by atoms with Gasteiger partial charge in [0.2, 0.25) is 0 Å². The molecule has 0 aliphatic heterocycles. The maximum atomic E-state index is 5.88. The number of nitrogen functional groups attached to an aromatic ring is 1. The van der Waals surface area contributed by atoms with Gasteiger partial charge >= 0.3 is 0 Å². The van der Waals surface area contributed by atoms with E-state index in [1.807, 2.05) is 12.1 Å². The first-order valence-electron chi connectivity index (χ1n) is 7.47. The number of rotatable bonds is 4. The van der Waals surface area contributed by atoms with Crippen LogP contribution in [0.3, 0.4) is 0 Å². The topological polar surface area (TPSA) is 43.8 Å². The predicted molar refractivity (Wildman–Crippen MR) is 88.4 cm³/mol. The van der Waals surface area contributed by atoms with E-state index in [-0.39, 0.29) is 0 Å². The lowest BCUT2D eigenvalue weighted by Crippen LogP contribution is -2.05. The number of fused-ring (bicyclic) bond motifs is 1. The number of hydrogen-bond acceptors (Lipinski definition) is 2. The number of anilines is 1. The van der Waals surface area contributed by atoms with Gasteiger partial charge < -0.3 is 10.3 Å². The van der Waals surface area contributed by atoms with Crippen LogP contribution in [0.4, 0.5) is 5.69 Å². The maximum Gasteiger partial charge on any atom is 0.110 e. The summed E-state index contributed by atoms with van der Waals surface area (Å²) in [5.41, 5.74) is 11.4. The molecular formula is C18H21N3. The van der Waals surface area contributed by atoms with Gasteiger partial charge in [-0.25, -0.2) is 4.98 Å². The minimum atomic E-state index is 0.769. The van der Waals surface area contributed by atoms with E-state index in [9.17, 15) is 0 Å². The third-order valence-corrected chi connectivity index (χ3v) is 3.75. The van der Waals surface area contributed by atoms with Crippen molar-refractivity contribution in [3.63, 3.8) is 0 Å². The molecule has 0 fully saturated rings. The first-order valence-corrected chi connectivity index (χ1v) is 7.47. The summed E-state index contributed by atoms with van der Waals surface area (Å²) < 4.78 is 2.31. The number of benzene rings is 2. The summed E-state index contributed by atoms with van der Waals surface area (Å²) in [6, 6.07) is 14.6. The molecule has 108 valence electrons. The monoisotopic (exact) mass is 279 g/mol. The zero-order chi connectivity index (χ0) is 14.8. The fraction of sp³-hybridized carbons (Fsp3) is 0.278. The molecule has 0 radical (unpaired) electrons. The molecule has 0 saturated carbocycles. The molecule has 0 aliphatic carbocycles. The highest BCUT2D eigenvalue weighted by atomic mass is 15.1. The van der Waals surface area contributed by atoms with Gasteiger partial charge in [0.1, 0.15) is 5.82 Å². The number of nitrogens with zero attached hydrogens (tertiary/aromatic N) is 2. The van der Waals surface area contributed by atoms with Crippen molar-refractivity contribution in [2.24, 2.45) is 0 Å². The van der Waals surface area contributed by atoms with Gasteiger partial charge in [-0.2, -0.15) is 0 Å². The standard InChI is InChI=1S/C18H21N3/c1-3-5-18-20-16-11-15(19)8-9-17(16)21(18)12-14-7-4-6-13(2)10-14/h4,6-11H,3,5,12,19H2,1-2H3. The smallest absolute Gasteiger partial charge is 0.110 e. The summed E-state index contributed by atoms with van der Waals surface area (Å²) >= 11 is 0. The van der Waals surface area contributed by atoms with Crippen LogP contribution in [0.15, 0.2) is 42.5 Å². The second kappa shape index (κ2) is 5.60. The molecule has 2 N–H and O–H groups in total. The molecule has 3 nitrogen and oxygen atoms in total. The fourth-order valence-corrected chi connectivity index (χ4v) is 2.78. The zero-order valence-electron chi connectivity index (χ0n) is 12.6. The first kappa shape index (κ1) is 13.7. The summed E-state index contributed by atoms with van der Waals surface area (Å²) in [4.78, 5) is 4.76. The van der Waals surface area contributed by atoms with Crippen molar-refractivity contribution in [1.82, 2.24) is 9.55 Å². The van der Waals surface area contributed by atoms with Crippen LogP contribution in [0.25, 0.3) is 11.0 Å². The minimum Gasteiger partial charge on any atom is -0.399 e. The Morgan fingerprint density at radius 1 is 1.14 bits per heavy atom. The summed E-state index contributed by atoms with van der Waals surface area (Å²) in [5, 5.41) is 0. The summed E-state index contributed by atoms with van der Waals surface area (Å²) in [6.07, 6.45) is 2.08. The SMILES string of the molecule is CCCc1nc2cc(N)ccc2n1Cc1cccc(C)c1. The van der Waals surface area contributed by atoms with E-state index in [0.717, 1.165) is 41.9 Å². The molecule has 0 unspecified atom stereocenters. The summed E-state index contributed by atoms with van der Waals surface area (Å²) in [6.45, 7) is 5.17. The van der Waals surface area contributed by atoms with E-state index in [1.54, 1.807) is 0 Å². The van der Waals surface area contributed by atoms with Crippen LogP contribution in [0.2, 0.25) is 0 Å². The molecular weight excluding hydrogens is 258 g/mol. The number of aromatic nitrogens is 2. The Bertz CT molecular complexity index is 771. The zero-order valence-corrected chi connectivity index (χ0v) is 12.6. The molecule has 0 bridgehead atoms. The Labute approximate surface area is 125 Å². The molecule has 0 atom stereocenters. The lowest BCUT2D eigenvalue weighted by molar-refractivity contribution is 0.721. The lowest BCUT2D eigenvalue weighted by atomic mass is 10.1. The molecule has 21 heavy (non-hydrogen) atoms. The highest BCUT2D eigenvalue weighted by molar-refractivity contribution is 5.79.